The number of carbonyl (C=O) groups excluding carboxylic acids is 2. The first-order chi connectivity index (χ1) is 15.3. The Morgan fingerprint density at radius 3 is 2.72 bits per heavy atom. The average Bonchev–Trinajstić information content (AvgIpc) is 3.28. The Morgan fingerprint density at radius 2 is 2.09 bits per heavy atom. The molecule has 0 saturated carbocycles. The molecule has 2 aliphatic heterocycles. The highest BCUT2D eigenvalue weighted by Gasteiger charge is 2.40. The second-order valence-electron chi connectivity index (χ2n) is 8.97. The molecular formula is C22H28ClN5O4. The zero-order chi connectivity index (χ0) is 22.9. The van der Waals surface area contributed by atoms with Crippen molar-refractivity contribution in [1.82, 2.24) is 25.4 Å². The van der Waals surface area contributed by atoms with E-state index >= 15 is 0 Å². The number of amides is 2. The minimum Gasteiger partial charge on any atom is -0.481 e. The topological polar surface area (TPSA) is 109 Å². The molecule has 1 unspecified atom stereocenters. The van der Waals surface area contributed by atoms with Crippen LogP contribution in [-0.4, -0.2) is 71.4 Å². The molecule has 0 aliphatic carbocycles. The van der Waals surface area contributed by atoms with Crippen LogP contribution in [0, 0.1) is 11.3 Å². The van der Waals surface area contributed by atoms with Crippen LogP contribution in [0.4, 0.5) is 0 Å². The number of carbonyl (C=O) groups is 2. The minimum absolute atomic E-state index is 0.0340. The molecule has 0 bridgehead atoms. The number of nitrogens with zero attached hydrogens (tertiary/aromatic N) is 3. The first-order valence-corrected chi connectivity index (χ1v) is 11.1. The molecule has 2 aromatic heterocycles. The molecule has 2 saturated heterocycles. The van der Waals surface area contributed by atoms with Gasteiger partial charge in [0, 0.05) is 42.6 Å². The van der Waals surface area contributed by atoms with E-state index in [0.717, 1.165) is 6.61 Å². The van der Waals surface area contributed by atoms with Crippen molar-refractivity contribution in [3.8, 4) is 17.1 Å². The summed E-state index contributed by atoms with van der Waals surface area (Å²) in [7, 11) is 1.52. The molecule has 4 rings (SSSR count). The highest BCUT2D eigenvalue weighted by atomic mass is 35.5. The number of aromatic nitrogens is 3. The van der Waals surface area contributed by atoms with Crippen molar-refractivity contribution in [2.24, 2.45) is 11.3 Å². The van der Waals surface area contributed by atoms with E-state index in [1.807, 2.05) is 0 Å². The lowest BCUT2D eigenvalue weighted by Crippen LogP contribution is -2.54. The molecule has 0 aromatic carbocycles. The van der Waals surface area contributed by atoms with Gasteiger partial charge in [-0.1, -0.05) is 25.4 Å². The fourth-order valence-electron chi connectivity index (χ4n) is 4.02. The van der Waals surface area contributed by atoms with Crippen molar-refractivity contribution in [2.45, 2.75) is 32.8 Å². The number of nitrogens with one attached hydrogen (secondary N) is 2. The number of likely N-dealkylation sites (tertiary alicyclic amines) is 1. The maximum atomic E-state index is 12.9. The number of halogens is 1. The number of hydrogen-bond acceptors (Lipinski definition) is 6. The van der Waals surface area contributed by atoms with Gasteiger partial charge in [-0.2, -0.15) is 5.10 Å². The number of rotatable bonds is 6. The van der Waals surface area contributed by atoms with Crippen molar-refractivity contribution >= 4 is 23.4 Å². The molecule has 2 aliphatic rings. The first-order valence-electron chi connectivity index (χ1n) is 10.7. The van der Waals surface area contributed by atoms with E-state index < -0.39 is 0 Å². The Bertz CT molecular complexity index is 1000. The van der Waals surface area contributed by atoms with E-state index in [9.17, 15) is 9.59 Å². The van der Waals surface area contributed by atoms with Gasteiger partial charge < -0.3 is 19.7 Å². The lowest BCUT2D eigenvalue weighted by Gasteiger charge is -2.44. The van der Waals surface area contributed by atoms with Crippen molar-refractivity contribution in [3.63, 3.8) is 0 Å². The van der Waals surface area contributed by atoms with Crippen LogP contribution in [0.25, 0.3) is 11.3 Å². The van der Waals surface area contributed by atoms with Crippen LogP contribution in [0.3, 0.4) is 0 Å². The summed E-state index contributed by atoms with van der Waals surface area (Å²) in [5.74, 6) is 0.180. The Labute approximate surface area is 191 Å². The average molecular weight is 462 g/mol. The molecule has 2 aromatic rings. The summed E-state index contributed by atoms with van der Waals surface area (Å²) in [5.41, 5.74) is 1.67. The number of pyridine rings is 1. The summed E-state index contributed by atoms with van der Waals surface area (Å²) in [6, 6.07) is 3.35. The van der Waals surface area contributed by atoms with Gasteiger partial charge in [-0.3, -0.25) is 14.7 Å². The molecule has 32 heavy (non-hydrogen) atoms. The van der Waals surface area contributed by atoms with Crippen LogP contribution in [0.15, 0.2) is 18.3 Å². The van der Waals surface area contributed by atoms with Crippen LogP contribution in [-0.2, 0) is 9.53 Å². The zero-order valence-electron chi connectivity index (χ0n) is 18.5. The van der Waals surface area contributed by atoms with E-state index in [4.69, 9.17) is 21.1 Å². The summed E-state index contributed by atoms with van der Waals surface area (Å²) in [6.07, 6.45) is 2.80. The molecule has 2 fully saturated rings. The number of piperidine rings is 1. The van der Waals surface area contributed by atoms with Crippen LogP contribution in [0.2, 0.25) is 5.02 Å². The second kappa shape index (κ2) is 9.07. The zero-order valence-corrected chi connectivity index (χ0v) is 19.2. The van der Waals surface area contributed by atoms with Gasteiger partial charge in [-0.05, 0) is 18.9 Å². The normalized spacial score (nSPS) is 20.5. The predicted octanol–water partition coefficient (Wildman–Crippen LogP) is 2.53. The molecule has 1 atom stereocenters. The van der Waals surface area contributed by atoms with E-state index in [1.54, 1.807) is 17.0 Å². The number of ether oxygens (including phenoxy) is 2. The van der Waals surface area contributed by atoms with Crippen LogP contribution >= 0.6 is 11.6 Å². The molecule has 10 heteroatoms. The predicted molar refractivity (Wildman–Crippen MR) is 119 cm³/mol. The van der Waals surface area contributed by atoms with Gasteiger partial charge in [0.1, 0.15) is 0 Å². The molecule has 0 radical (unpaired) electrons. The summed E-state index contributed by atoms with van der Waals surface area (Å²) < 4.78 is 10.7. The fraction of sp³-hybridized carbons (Fsp3) is 0.545. The van der Waals surface area contributed by atoms with E-state index in [1.165, 1.54) is 13.3 Å². The number of hydrogen-bond donors (Lipinski definition) is 2. The summed E-state index contributed by atoms with van der Waals surface area (Å²) in [5, 5.41) is 10.5. The maximum Gasteiger partial charge on any atom is 0.274 e. The standard InChI is InChI=1S/C22H28ClN5O4/c1-22(2)12-32-18(22)11-25-20(29)13-4-6-28(7-5-13)21(30)17-9-16(26-27-17)14-8-19(31-3)24-10-15(14)23/h8-10,13,18H,4-7,11-12H2,1-3H3,(H,25,29)(H,26,27). The van der Waals surface area contributed by atoms with Gasteiger partial charge >= 0.3 is 0 Å². The molecule has 0 spiro atoms. The summed E-state index contributed by atoms with van der Waals surface area (Å²) >= 11 is 6.24. The third-order valence-corrected chi connectivity index (χ3v) is 6.57. The van der Waals surface area contributed by atoms with Gasteiger partial charge in [-0.25, -0.2) is 4.98 Å². The molecule has 4 heterocycles. The lowest BCUT2D eigenvalue weighted by atomic mass is 9.82. The lowest BCUT2D eigenvalue weighted by molar-refractivity contribution is -0.167. The maximum absolute atomic E-state index is 12.9. The van der Waals surface area contributed by atoms with Gasteiger partial charge in [0.25, 0.3) is 5.91 Å². The Morgan fingerprint density at radius 1 is 1.34 bits per heavy atom. The highest BCUT2D eigenvalue weighted by molar-refractivity contribution is 6.33. The van der Waals surface area contributed by atoms with E-state index in [-0.39, 0.29) is 29.3 Å². The van der Waals surface area contributed by atoms with Crippen molar-refractivity contribution in [1.29, 1.82) is 0 Å². The molecular weight excluding hydrogens is 434 g/mol. The Balaban J connectivity index is 1.32. The highest BCUT2D eigenvalue weighted by Crippen LogP contribution is 2.33. The molecule has 9 nitrogen and oxygen atoms in total. The first kappa shape index (κ1) is 22.5. The molecule has 172 valence electrons. The monoisotopic (exact) mass is 461 g/mol. The molecule has 2 amide bonds. The summed E-state index contributed by atoms with van der Waals surface area (Å²) in [4.78, 5) is 31.2. The van der Waals surface area contributed by atoms with Gasteiger partial charge in [0.05, 0.1) is 36.7 Å². The Hall–Kier alpha value is -2.65. The van der Waals surface area contributed by atoms with Crippen molar-refractivity contribution < 1.29 is 19.1 Å². The minimum atomic E-state index is -0.173. The Kier molecular flexibility index (Phi) is 6.39. The number of methoxy groups -OCH3 is 1. The van der Waals surface area contributed by atoms with E-state index in [2.05, 4.69) is 34.3 Å². The van der Waals surface area contributed by atoms with Crippen LogP contribution in [0.5, 0.6) is 5.88 Å². The number of H-pyrrole nitrogens is 1. The van der Waals surface area contributed by atoms with Gasteiger partial charge in [0.2, 0.25) is 11.8 Å². The van der Waals surface area contributed by atoms with Crippen molar-refractivity contribution in [2.75, 3.05) is 33.4 Å². The van der Waals surface area contributed by atoms with E-state index in [0.29, 0.717) is 60.3 Å². The SMILES string of the molecule is COc1cc(-c2cc(C(=O)N3CCC(C(=O)NCC4OCC4(C)C)CC3)n[nH]2)c(Cl)cn1. The summed E-state index contributed by atoms with van der Waals surface area (Å²) in [6.45, 7) is 6.55. The van der Waals surface area contributed by atoms with Crippen LogP contribution < -0.4 is 10.1 Å². The van der Waals surface area contributed by atoms with Gasteiger partial charge in [-0.15, -0.1) is 0 Å². The third-order valence-electron chi connectivity index (χ3n) is 6.27. The quantitative estimate of drug-likeness (QED) is 0.684. The largest absolute Gasteiger partial charge is 0.481 e. The molecule has 2 N–H and O–H groups in total. The van der Waals surface area contributed by atoms with Crippen molar-refractivity contribution in [3.05, 3.63) is 29.0 Å². The fourth-order valence-corrected chi connectivity index (χ4v) is 4.23. The van der Waals surface area contributed by atoms with Gasteiger partial charge in [0.15, 0.2) is 5.69 Å². The second-order valence-corrected chi connectivity index (χ2v) is 9.38. The smallest absolute Gasteiger partial charge is 0.274 e. The van der Waals surface area contributed by atoms with Crippen LogP contribution in [0.1, 0.15) is 37.2 Å². The number of aromatic amines is 1. The third kappa shape index (κ3) is 4.59.